The molecule has 1 aliphatic heterocycles. The molecule has 0 spiro atoms. The maximum absolute atomic E-state index is 11.6. The Morgan fingerprint density at radius 2 is 1.89 bits per heavy atom. The third-order valence-corrected chi connectivity index (χ3v) is 5.46. The summed E-state index contributed by atoms with van der Waals surface area (Å²) in [5.74, 6) is -0.357. The van der Waals surface area contributed by atoms with Crippen molar-refractivity contribution in [3.8, 4) is 0 Å². The van der Waals surface area contributed by atoms with E-state index in [0.29, 0.717) is 38.1 Å². The molecule has 0 aromatic carbocycles. The number of likely N-dealkylation sites (tertiary alicyclic amines) is 1. The zero-order valence-corrected chi connectivity index (χ0v) is 16.4. The number of rotatable bonds is 13. The lowest BCUT2D eigenvalue weighted by Crippen LogP contribution is -2.50. The average Bonchev–Trinajstić information content (AvgIpc) is 2.64. The largest absolute Gasteiger partial charge is 0.480 e. The fourth-order valence-corrected chi connectivity index (χ4v) is 3.58. The van der Waals surface area contributed by atoms with Gasteiger partial charge in [0.05, 0.1) is 0 Å². The molecule has 1 aliphatic rings. The Labute approximate surface area is 163 Å². The summed E-state index contributed by atoms with van der Waals surface area (Å²) in [5.41, 5.74) is 6.10. The van der Waals surface area contributed by atoms with Gasteiger partial charge in [0, 0.05) is 6.54 Å². The Kier molecular flexibility index (Phi) is 10.6. The molecule has 0 aromatic rings. The predicted molar refractivity (Wildman–Crippen MR) is 110 cm³/mol. The van der Waals surface area contributed by atoms with Gasteiger partial charge in [-0.1, -0.05) is 44.2 Å². The Morgan fingerprint density at radius 3 is 2.41 bits per heavy atom. The molecule has 0 radical (unpaired) electrons. The number of unbranched alkanes of at least 4 members (excludes halogenated alkanes) is 1. The molecule has 0 aliphatic carbocycles. The van der Waals surface area contributed by atoms with Gasteiger partial charge in [-0.2, -0.15) is 0 Å². The van der Waals surface area contributed by atoms with Gasteiger partial charge in [-0.15, -0.1) is 0 Å². The van der Waals surface area contributed by atoms with Gasteiger partial charge < -0.3 is 25.8 Å². The summed E-state index contributed by atoms with van der Waals surface area (Å²) < 4.78 is 0. The van der Waals surface area contributed by atoms with Crippen LogP contribution < -0.4 is 5.73 Å². The molecule has 0 aromatic heterocycles. The minimum atomic E-state index is -1.34. The Balaban J connectivity index is 2.40. The van der Waals surface area contributed by atoms with Crippen LogP contribution in [0.25, 0.3) is 0 Å². The second kappa shape index (κ2) is 12.1. The second-order valence-corrected chi connectivity index (χ2v) is 7.61. The summed E-state index contributed by atoms with van der Waals surface area (Å²) in [4.78, 5) is 13.9. The highest BCUT2D eigenvalue weighted by molar-refractivity contribution is 6.40. The van der Waals surface area contributed by atoms with E-state index in [9.17, 15) is 9.90 Å². The molecule has 0 bridgehead atoms. The van der Waals surface area contributed by atoms with Gasteiger partial charge in [0.2, 0.25) is 0 Å². The Bertz CT molecular complexity index is 516. The van der Waals surface area contributed by atoms with E-state index in [1.807, 2.05) is 12.2 Å². The lowest BCUT2D eigenvalue weighted by atomic mass is 9.81. The van der Waals surface area contributed by atoms with Gasteiger partial charge in [-0.25, -0.2) is 0 Å². The summed E-state index contributed by atoms with van der Waals surface area (Å²) in [7, 11) is -1.34. The number of carbonyl (C=O) groups is 1. The van der Waals surface area contributed by atoms with Crippen molar-refractivity contribution in [2.75, 3.05) is 19.6 Å². The number of hydrogen-bond acceptors (Lipinski definition) is 5. The van der Waals surface area contributed by atoms with Crippen molar-refractivity contribution in [2.45, 2.75) is 56.8 Å². The molecule has 6 nitrogen and oxygen atoms in total. The second-order valence-electron chi connectivity index (χ2n) is 7.61. The molecule has 1 fully saturated rings. The SMILES string of the molecule is C=C/C=C(\C=C)CC1CCN(CCC(N)(CCCCB(O)O)C(=O)O)CC1. The lowest BCUT2D eigenvalue weighted by Gasteiger charge is -2.34. The van der Waals surface area contributed by atoms with Crippen LogP contribution in [0.1, 0.15) is 44.9 Å². The van der Waals surface area contributed by atoms with Gasteiger partial charge in [0.25, 0.3) is 0 Å². The molecular weight excluding hydrogens is 343 g/mol. The van der Waals surface area contributed by atoms with E-state index in [-0.39, 0.29) is 6.32 Å². The molecule has 0 amide bonds. The lowest BCUT2D eigenvalue weighted by molar-refractivity contribution is -0.144. The van der Waals surface area contributed by atoms with Gasteiger partial charge in [-0.05, 0) is 63.0 Å². The van der Waals surface area contributed by atoms with E-state index < -0.39 is 18.6 Å². The number of carboxylic acid groups (broad SMARTS) is 1. The monoisotopic (exact) mass is 378 g/mol. The highest BCUT2D eigenvalue weighted by Crippen LogP contribution is 2.26. The number of piperidine rings is 1. The van der Waals surface area contributed by atoms with Crippen LogP contribution in [-0.4, -0.2) is 58.3 Å². The Morgan fingerprint density at radius 1 is 1.22 bits per heavy atom. The van der Waals surface area contributed by atoms with Crippen LogP contribution >= 0.6 is 0 Å². The van der Waals surface area contributed by atoms with Crippen molar-refractivity contribution in [3.05, 3.63) is 37.0 Å². The molecule has 1 saturated heterocycles. The molecule has 1 unspecified atom stereocenters. The number of carboxylic acids is 1. The van der Waals surface area contributed by atoms with Crippen molar-refractivity contribution < 1.29 is 19.9 Å². The van der Waals surface area contributed by atoms with Gasteiger partial charge in [-0.3, -0.25) is 4.79 Å². The van der Waals surface area contributed by atoms with E-state index in [0.717, 1.165) is 32.4 Å². The van der Waals surface area contributed by atoms with Gasteiger partial charge in [0.1, 0.15) is 5.54 Å². The van der Waals surface area contributed by atoms with E-state index in [2.05, 4.69) is 18.1 Å². The predicted octanol–water partition coefficient (Wildman–Crippen LogP) is 2.20. The summed E-state index contributed by atoms with van der Waals surface area (Å²) in [6, 6.07) is 0. The number of nitrogens with two attached hydrogens (primary N) is 1. The van der Waals surface area contributed by atoms with Crippen molar-refractivity contribution >= 4 is 13.1 Å². The normalized spacial score (nSPS) is 18.7. The quantitative estimate of drug-likeness (QED) is 0.222. The maximum atomic E-state index is 11.6. The molecule has 1 atom stereocenters. The summed E-state index contributed by atoms with van der Waals surface area (Å²) >= 11 is 0. The molecule has 7 heteroatoms. The third kappa shape index (κ3) is 8.88. The van der Waals surface area contributed by atoms with Crippen molar-refractivity contribution in [3.63, 3.8) is 0 Å². The van der Waals surface area contributed by atoms with E-state index in [4.69, 9.17) is 15.8 Å². The van der Waals surface area contributed by atoms with Crippen LogP contribution in [0.2, 0.25) is 6.32 Å². The first-order chi connectivity index (χ1) is 12.8. The fourth-order valence-electron chi connectivity index (χ4n) is 3.58. The zero-order valence-electron chi connectivity index (χ0n) is 16.4. The highest BCUT2D eigenvalue weighted by atomic mass is 16.4. The van der Waals surface area contributed by atoms with Crippen LogP contribution in [0.15, 0.2) is 37.0 Å². The van der Waals surface area contributed by atoms with E-state index in [1.54, 1.807) is 6.08 Å². The first-order valence-corrected chi connectivity index (χ1v) is 9.85. The number of hydrogen-bond donors (Lipinski definition) is 4. The van der Waals surface area contributed by atoms with Crippen LogP contribution in [-0.2, 0) is 4.79 Å². The molecule has 0 saturated carbocycles. The minimum Gasteiger partial charge on any atom is -0.480 e. The van der Waals surface area contributed by atoms with E-state index in [1.165, 1.54) is 5.57 Å². The number of aliphatic carboxylic acids is 1. The molecule has 27 heavy (non-hydrogen) atoms. The summed E-state index contributed by atoms with van der Waals surface area (Å²) in [6.45, 7) is 10.2. The van der Waals surface area contributed by atoms with Gasteiger partial charge in [0.15, 0.2) is 0 Å². The summed E-state index contributed by atoms with van der Waals surface area (Å²) in [6.07, 6.45) is 11.0. The number of allylic oxidation sites excluding steroid dienone is 4. The van der Waals surface area contributed by atoms with Crippen molar-refractivity contribution in [1.82, 2.24) is 4.90 Å². The summed E-state index contributed by atoms with van der Waals surface area (Å²) in [5, 5.41) is 27.3. The third-order valence-electron chi connectivity index (χ3n) is 5.46. The first kappa shape index (κ1) is 23.6. The van der Waals surface area contributed by atoms with Crippen LogP contribution in [0.3, 0.4) is 0 Å². The highest BCUT2D eigenvalue weighted by Gasteiger charge is 2.34. The van der Waals surface area contributed by atoms with Crippen molar-refractivity contribution in [2.24, 2.45) is 11.7 Å². The minimum absolute atomic E-state index is 0.246. The van der Waals surface area contributed by atoms with E-state index >= 15 is 0 Å². The van der Waals surface area contributed by atoms with Gasteiger partial charge >= 0.3 is 13.1 Å². The molecule has 5 N–H and O–H groups in total. The van der Waals surface area contributed by atoms with Crippen molar-refractivity contribution in [1.29, 1.82) is 0 Å². The van der Waals surface area contributed by atoms with Crippen LogP contribution in [0, 0.1) is 5.92 Å². The smallest absolute Gasteiger partial charge is 0.451 e. The molecule has 1 heterocycles. The van der Waals surface area contributed by atoms with Crippen LogP contribution in [0.5, 0.6) is 0 Å². The molecular formula is C20H35BN2O4. The number of nitrogens with zero attached hydrogens (tertiary/aromatic N) is 1. The fraction of sp³-hybridized carbons (Fsp3) is 0.650. The molecule has 1 rings (SSSR count). The standard InChI is InChI=1S/C20H35BN2O4/c1-3-7-17(4-2)16-18-8-13-23(14-9-18)15-11-20(22,19(24)25)10-5-6-12-21(26)27/h3-4,7,18,26-27H,1-2,5-6,8-16,22H2,(H,24,25)/b17-7+. The first-order valence-electron chi connectivity index (χ1n) is 9.85. The zero-order chi connectivity index (χ0) is 20.3. The topological polar surface area (TPSA) is 107 Å². The molecule has 152 valence electrons. The van der Waals surface area contributed by atoms with Crippen LogP contribution in [0.4, 0.5) is 0 Å². The maximum Gasteiger partial charge on any atom is 0.451 e. The Hall–Kier alpha value is -1.41. The average molecular weight is 378 g/mol.